The van der Waals surface area contributed by atoms with Crippen molar-refractivity contribution in [2.75, 3.05) is 18.5 Å². The molecule has 0 atom stereocenters. The van der Waals surface area contributed by atoms with Gasteiger partial charge in [0, 0.05) is 12.2 Å². The van der Waals surface area contributed by atoms with Crippen LogP contribution in [-0.4, -0.2) is 13.2 Å². The summed E-state index contributed by atoms with van der Waals surface area (Å²) in [6, 6.07) is 15.3. The fourth-order valence-electron chi connectivity index (χ4n) is 1.62. The van der Waals surface area contributed by atoms with Crippen molar-refractivity contribution in [3.8, 4) is 5.75 Å². The molecule has 0 spiro atoms. The molecule has 2 nitrogen and oxygen atoms in total. The summed E-state index contributed by atoms with van der Waals surface area (Å²) in [5.74, 6) is 0.900. The SMILES string of the molecule is Clc1ccc(NCCCOc2ccccc2)cc1Cl. The molecular weight excluding hydrogens is 281 g/mol. The standard InChI is InChI=1S/C15H15Cl2NO/c16-14-8-7-12(11-15(14)17)18-9-4-10-19-13-5-2-1-3-6-13/h1-3,5-8,11,18H,4,9-10H2. The first-order chi connectivity index (χ1) is 9.25. The Morgan fingerprint density at radius 2 is 1.74 bits per heavy atom. The molecule has 0 saturated carbocycles. The molecule has 0 fully saturated rings. The maximum Gasteiger partial charge on any atom is 0.119 e. The van der Waals surface area contributed by atoms with Crippen molar-refractivity contribution in [3.63, 3.8) is 0 Å². The molecule has 0 aliphatic rings. The minimum absolute atomic E-state index is 0.562. The summed E-state index contributed by atoms with van der Waals surface area (Å²) in [6.45, 7) is 1.50. The van der Waals surface area contributed by atoms with Crippen LogP contribution < -0.4 is 10.1 Å². The minimum atomic E-state index is 0.562. The Morgan fingerprint density at radius 3 is 2.47 bits per heavy atom. The summed E-state index contributed by atoms with van der Waals surface area (Å²) in [5, 5.41) is 4.41. The van der Waals surface area contributed by atoms with Crippen LogP contribution in [0.4, 0.5) is 5.69 Å². The van der Waals surface area contributed by atoms with Crippen LogP contribution in [0, 0.1) is 0 Å². The van der Waals surface area contributed by atoms with E-state index >= 15 is 0 Å². The molecule has 0 aliphatic carbocycles. The summed E-state index contributed by atoms with van der Waals surface area (Å²) in [6.07, 6.45) is 0.912. The zero-order valence-corrected chi connectivity index (χ0v) is 11.9. The van der Waals surface area contributed by atoms with Crippen molar-refractivity contribution < 1.29 is 4.74 Å². The Morgan fingerprint density at radius 1 is 0.947 bits per heavy atom. The smallest absolute Gasteiger partial charge is 0.119 e. The van der Waals surface area contributed by atoms with Gasteiger partial charge in [0.25, 0.3) is 0 Å². The monoisotopic (exact) mass is 295 g/mol. The second-order valence-corrected chi connectivity index (χ2v) is 4.89. The molecule has 0 aliphatic heterocycles. The van der Waals surface area contributed by atoms with E-state index in [1.807, 2.05) is 42.5 Å². The van der Waals surface area contributed by atoms with Gasteiger partial charge in [-0.25, -0.2) is 0 Å². The van der Waals surface area contributed by atoms with Crippen LogP contribution in [0.1, 0.15) is 6.42 Å². The molecule has 0 aromatic heterocycles. The van der Waals surface area contributed by atoms with E-state index in [9.17, 15) is 0 Å². The number of rotatable bonds is 6. The largest absolute Gasteiger partial charge is 0.494 e. The van der Waals surface area contributed by atoms with E-state index in [-0.39, 0.29) is 0 Å². The Hall–Kier alpha value is -1.38. The highest BCUT2D eigenvalue weighted by Gasteiger charge is 1.98. The van der Waals surface area contributed by atoms with Gasteiger partial charge in [0.05, 0.1) is 16.7 Å². The highest BCUT2D eigenvalue weighted by molar-refractivity contribution is 6.42. The van der Waals surface area contributed by atoms with E-state index in [1.165, 1.54) is 0 Å². The number of halogens is 2. The van der Waals surface area contributed by atoms with Crippen LogP contribution in [0.3, 0.4) is 0 Å². The Labute approximate surface area is 123 Å². The lowest BCUT2D eigenvalue weighted by atomic mass is 10.3. The van der Waals surface area contributed by atoms with Gasteiger partial charge in [-0.15, -0.1) is 0 Å². The molecule has 0 bridgehead atoms. The van der Waals surface area contributed by atoms with E-state index in [0.29, 0.717) is 16.7 Å². The molecule has 1 N–H and O–H groups in total. The van der Waals surface area contributed by atoms with Crippen LogP contribution in [0.15, 0.2) is 48.5 Å². The normalized spacial score (nSPS) is 10.2. The molecule has 0 saturated heterocycles. The molecule has 19 heavy (non-hydrogen) atoms. The topological polar surface area (TPSA) is 21.3 Å². The second-order valence-electron chi connectivity index (χ2n) is 4.07. The van der Waals surface area contributed by atoms with Crippen LogP contribution in [-0.2, 0) is 0 Å². The second kappa shape index (κ2) is 7.27. The maximum atomic E-state index is 5.94. The highest BCUT2D eigenvalue weighted by Crippen LogP contribution is 2.24. The summed E-state index contributed by atoms with van der Waals surface area (Å²) in [5.41, 5.74) is 0.967. The molecule has 2 aromatic rings. The van der Waals surface area contributed by atoms with Crippen molar-refractivity contribution in [1.82, 2.24) is 0 Å². The van der Waals surface area contributed by atoms with Gasteiger partial charge in [-0.1, -0.05) is 41.4 Å². The van der Waals surface area contributed by atoms with Crippen molar-refractivity contribution in [3.05, 3.63) is 58.6 Å². The first kappa shape index (κ1) is 14.0. The zero-order valence-electron chi connectivity index (χ0n) is 10.4. The molecule has 2 rings (SSSR count). The van der Waals surface area contributed by atoms with Crippen LogP contribution in [0.25, 0.3) is 0 Å². The van der Waals surface area contributed by atoms with E-state index in [2.05, 4.69) is 5.32 Å². The fraction of sp³-hybridized carbons (Fsp3) is 0.200. The summed E-state index contributed by atoms with van der Waals surface area (Å²) in [4.78, 5) is 0. The molecule has 0 amide bonds. The Kier molecular flexibility index (Phi) is 5.37. The van der Waals surface area contributed by atoms with Crippen molar-refractivity contribution in [2.24, 2.45) is 0 Å². The van der Waals surface area contributed by atoms with Gasteiger partial charge in [0.2, 0.25) is 0 Å². The van der Waals surface area contributed by atoms with E-state index in [0.717, 1.165) is 24.4 Å². The predicted molar refractivity (Wildman–Crippen MR) is 81.5 cm³/mol. The molecule has 0 radical (unpaired) electrons. The van der Waals surface area contributed by atoms with Gasteiger partial charge >= 0.3 is 0 Å². The number of benzene rings is 2. The Bertz CT molecular complexity index is 517. The third kappa shape index (κ3) is 4.66. The molecule has 0 unspecified atom stereocenters. The highest BCUT2D eigenvalue weighted by atomic mass is 35.5. The molecular formula is C15H15Cl2NO. The van der Waals surface area contributed by atoms with Gasteiger partial charge < -0.3 is 10.1 Å². The molecule has 100 valence electrons. The molecule has 2 aromatic carbocycles. The number of nitrogens with one attached hydrogen (secondary N) is 1. The first-order valence-corrected chi connectivity index (χ1v) is 6.88. The number of ether oxygens (including phenoxy) is 1. The zero-order chi connectivity index (χ0) is 13.5. The third-order valence-electron chi connectivity index (χ3n) is 2.58. The van der Waals surface area contributed by atoms with Crippen LogP contribution in [0.2, 0.25) is 10.0 Å². The van der Waals surface area contributed by atoms with Crippen molar-refractivity contribution >= 4 is 28.9 Å². The van der Waals surface area contributed by atoms with Crippen LogP contribution >= 0.6 is 23.2 Å². The summed E-state index contributed by atoms with van der Waals surface area (Å²) < 4.78 is 5.60. The number of anilines is 1. The quantitative estimate of drug-likeness (QED) is 0.767. The average Bonchev–Trinajstić information content (AvgIpc) is 2.43. The van der Waals surface area contributed by atoms with Gasteiger partial charge in [-0.05, 0) is 36.8 Å². The summed E-state index contributed by atoms with van der Waals surface area (Å²) in [7, 11) is 0. The van der Waals surface area contributed by atoms with Gasteiger partial charge in [-0.3, -0.25) is 0 Å². The van der Waals surface area contributed by atoms with Crippen molar-refractivity contribution in [2.45, 2.75) is 6.42 Å². The lowest BCUT2D eigenvalue weighted by Gasteiger charge is -2.08. The van der Waals surface area contributed by atoms with Crippen molar-refractivity contribution in [1.29, 1.82) is 0 Å². The van der Waals surface area contributed by atoms with Crippen LogP contribution in [0.5, 0.6) is 5.75 Å². The number of hydrogen-bond acceptors (Lipinski definition) is 2. The van der Waals surface area contributed by atoms with E-state index in [4.69, 9.17) is 27.9 Å². The predicted octanol–water partition coefficient (Wildman–Crippen LogP) is 4.87. The minimum Gasteiger partial charge on any atom is -0.494 e. The molecule has 0 heterocycles. The Balaban J connectivity index is 1.68. The summed E-state index contributed by atoms with van der Waals surface area (Å²) >= 11 is 11.8. The number of hydrogen-bond donors (Lipinski definition) is 1. The third-order valence-corrected chi connectivity index (χ3v) is 3.32. The fourth-order valence-corrected chi connectivity index (χ4v) is 1.92. The lowest BCUT2D eigenvalue weighted by Crippen LogP contribution is -2.07. The molecule has 4 heteroatoms. The lowest BCUT2D eigenvalue weighted by molar-refractivity contribution is 0.315. The van der Waals surface area contributed by atoms with Gasteiger partial charge in [0.15, 0.2) is 0 Å². The first-order valence-electron chi connectivity index (χ1n) is 6.12. The number of para-hydroxylation sites is 1. The maximum absolute atomic E-state index is 5.94. The van der Waals surface area contributed by atoms with E-state index in [1.54, 1.807) is 6.07 Å². The van der Waals surface area contributed by atoms with E-state index < -0.39 is 0 Å². The average molecular weight is 296 g/mol. The van der Waals surface area contributed by atoms with Gasteiger partial charge in [0.1, 0.15) is 5.75 Å². The van der Waals surface area contributed by atoms with Gasteiger partial charge in [-0.2, -0.15) is 0 Å².